The van der Waals surface area contributed by atoms with Crippen LogP contribution in [0.4, 0.5) is 0 Å². The first-order valence-electron chi connectivity index (χ1n) is 6.83. The zero-order valence-corrected chi connectivity index (χ0v) is 13.3. The highest BCUT2D eigenvalue weighted by Crippen LogP contribution is 2.40. The molecule has 1 saturated heterocycles. The highest BCUT2D eigenvalue weighted by molar-refractivity contribution is 9.10. The third kappa shape index (κ3) is 2.42. The van der Waals surface area contributed by atoms with Crippen LogP contribution in [0.3, 0.4) is 0 Å². The van der Waals surface area contributed by atoms with Crippen LogP contribution < -0.4 is 0 Å². The minimum Gasteiger partial charge on any atom is -0.379 e. The van der Waals surface area contributed by atoms with Crippen LogP contribution in [0.25, 0.3) is 0 Å². The van der Waals surface area contributed by atoms with Crippen LogP contribution in [0.1, 0.15) is 36.0 Å². The number of carbonyl (C=O) groups is 1. The van der Waals surface area contributed by atoms with E-state index in [1.807, 2.05) is 10.8 Å². The number of ketones is 1. The molecule has 1 aliphatic heterocycles. The van der Waals surface area contributed by atoms with Gasteiger partial charge in [-0.1, -0.05) is 12.8 Å². The molecule has 0 atom stereocenters. The first kappa shape index (κ1) is 13.7. The Hall–Kier alpha value is -0.230. The molecule has 0 N–H and O–H groups in total. The van der Waals surface area contributed by atoms with Crippen molar-refractivity contribution in [2.45, 2.75) is 31.2 Å². The van der Waals surface area contributed by atoms with E-state index in [1.165, 1.54) is 0 Å². The predicted octanol–water partition coefficient (Wildman–Crippen LogP) is 3.34. The largest absolute Gasteiger partial charge is 0.379 e. The number of nitrogens with zero attached hydrogens (tertiary/aromatic N) is 1. The molecule has 3 rings (SSSR count). The summed E-state index contributed by atoms with van der Waals surface area (Å²) in [6, 6.07) is 0. The number of Topliss-reactive ketones (excluding diaryl/α,β-unsaturated/α-hetero) is 1. The number of morpholine rings is 1. The monoisotopic (exact) mass is 343 g/mol. The Labute approximate surface area is 126 Å². The van der Waals surface area contributed by atoms with Crippen LogP contribution in [0.5, 0.6) is 0 Å². The predicted molar refractivity (Wildman–Crippen MR) is 79.9 cm³/mol. The van der Waals surface area contributed by atoms with Gasteiger partial charge in [-0.2, -0.15) is 11.3 Å². The lowest BCUT2D eigenvalue weighted by Crippen LogP contribution is -2.56. The fraction of sp³-hybridized carbons (Fsp3) is 0.643. The van der Waals surface area contributed by atoms with Gasteiger partial charge in [0.25, 0.3) is 0 Å². The molecule has 104 valence electrons. The molecule has 0 unspecified atom stereocenters. The average molecular weight is 344 g/mol. The maximum absolute atomic E-state index is 13.0. The fourth-order valence-corrected chi connectivity index (χ4v) is 4.79. The summed E-state index contributed by atoms with van der Waals surface area (Å²) < 4.78 is 6.38. The highest BCUT2D eigenvalue weighted by Gasteiger charge is 2.47. The Morgan fingerprint density at radius 2 is 1.95 bits per heavy atom. The molecule has 0 bridgehead atoms. The van der Waals surface area contributed by atoms with Crippen molar-refractivity contribution >= 4 is 33.0 Å². The molecule has 0 amide bonds. The molecule has 0 aromatic carbocycles. The molecule has 1 aliphatic carbocycles. The number of hydrogen-bond acceptors (Lipinski definition) is 4. The van der Waals surface area contributed by atoms with E-state index in [0.29, 0.717) is 5.78 Å². The van der Waals surface area contributed by atoms with Gasteiger partial charge in [-0.25, -0.2) is 0 Å². The van der Waals surface area contributed by atoms with Crippen molar-refractivity contribution in [2.24, 2.45) is 0 Å². The molecule has 0 radical (unpaired) electrons. The van der Waals surface area contributed by atoms with Gasteiger partial charge in [0.15, 0.2) is 5.78 Å². The van der Waals surface area contributed by atoms with Crippen LogP contribution in [-0.2, 0) is 4.74 Å². The Kier molecular flexibility index (Phi) is 4.08. The van der Waals surface area contributed by atoms with Crippen LogP contribution in [0.15, 0.2) is 15.2 Å². The van der Waals surface area contributed by atoms with E-state index in [0.717, 1.165) is 62.0 Å². The van der Waals surface area contributed by atoms with E-state index in [9.17, 15) is 4.79 Å². The first-order valence-corrected chi connectivity index (χ1v) is 8.57. The molecule has 19 heavy (non-hydrogen) atoms. The second kappa shape index (κ2) is 5.64. The first-order chi connectivity index (χ1) is 9.24. The summed E-state index contributed by atoms with van der Waals surface area (Å²) >= 11 is 5.10. The summed E-state index contributed by atoms with van der Waals surface area (Å²) in [5, 5.41) is 3.97. The molecule has 2 aliphatic rings. The van der Waals surface area contributed by atoms with E-state index >= 15 is 0 Å². The van der Waals surface area contributed by atoms with Crippen molar-refractivity contribution in [3.63, 3.8) is 0 Å². The van der Waals surface area contributed by atoms with E-state index in [1.54, 1.807) is 11.3 Å². The molecule has 1 saturated carbocycles. The number of halogens is 1. The Morgan fingerprint density at radius 1 is 1.26 bits per heavy atom. The summed E-state index contributed by atoms with van der Waals surface area (Å²) in [4.78, 5) is 15.4. The van der Waals surface area contributed by atoms with Gasteiger partial charge in [0, 0.05) is 33.9 Å². The second-order valence-electron chi connectivity index (χ2n) is 5.30. The van der Waals surface area contributed by atoms with Crippen molar-refractivity contribution in [1.29, 1.82) is 0 Å². The molecular weight excluding hydrogens is 326 g/mol. The summed E-state index contributed by atoms with van der Waals surface area (Å²) in [6.07, 6.45) is 4.30. The van der Waals surface area contributed by atoms with Crippen molar-refractivity contribution in [2.75, 3.05) is 26.3 Å². The summed E-state index contributed by atoms with van der Waals surface area (Å²) in [5.74, 6) is 0.306. The van der Waals surface area contributed by atoms with E-state index in [4.69, 9.17) is 4.74 Å². The van der Waals surface area contributed by atoms with E-state index < -0.39 is 0 Å². The third-order valence-corrected chi connectivity index (χ3v) is 6.03. The quantitative estimate of drug-likeness (QED) is 0.788. The summed E-state index contributed by atoms with van der Waals surface area (Å²) in [6.45, 7) is 3.26. The van der Waals surface area contributed by atoms with Crippen molar-refractivity contribution in [1.82, 2.24) is 4.90 Å². The van der Waals surface area contributed by atoms with Gasteiger partial charge in [-0.3, -0.25) is 9.69 Å². The van der Waals surface area contributed by atoms with Gasteiger partial charge in [-0.15, -0.1) is 0 Å². The fourth-order valence-electron chi connectivity index (χ4n) is 3.33. The number of ether oxygens (including phenoxy) is 1. The number of carbonyl (C=O) groups excluding carboxylic acids is 1. The topological polar surface area (TPSA) is 29.5 Å². The molecule has 2 heterocycles. The van der Waals surface area contributed by atoms with Crippen LogP contribution in [-0.4, -0.2) is 42.5 Å². The van der Waals surface area contributed by atoms with Crippen molar-refractivity contribution in [3.8, 4) is 0 Å². The lowest BCUT2D eigenvalue weighted by Gasteiger charge is -2.42. The van der Waals surface area contributed by atoms with Gasteiger partial charge in [0.05, 0.1) is 18.8 Å². The number of rotatable bonds is 3. The Bertz CT molecular complexity index is 462. The summed E-state index contributed by atoms with van der Waals surface area (Å²) in [5.41, 5.74) is 0.589. The molecule has 0 spiro atoms. The highest BCUT2D eigenvalue weighted by atomic mass is 79.9. The zero-order chi connectivity index (χ0) is 13.3. The minimum atomic E-state index is -0.270. The van der Waals surface area contributed by atoms with Crippen LogP contribution >= 0.6 is 27.3 Å². The SMILES string of the molecule is O=C(c1cscc1Br)C1(N2CCOCC2)CCCC1. The molecular formula is C14H18BrNO2S. The average Bonchev–Trinajstić information content (AvgIpc) is 3.08. The van der Waals surface area contributed by atoms with Crippen LogP contribution in [0, 0.1) is 0 Å². The van der Waals surface area contributed by atoms with Gasteiger partial charge in [-0.05, 0) is 28.8 Å². The lowest BCUT2D eigenvalue weighted by atomic mass is 9.86. The molecule has 5 heteroatoms. The van der Waals surface area contributed by atoms with Gasteiger partial charge >= 0.3 is 0 Å². The second-order valence-corrected chi connectivity index (χ2v) is 6.90. The smallest absolute Gasteiger partial charge is 0.185 e. The zero-order valence-electron chi connectivity index (χ0n) is 10.9. The maximum Gasteiger partial charge on any atom is 0.185 e. The lowest BCUT2D eigenvalue weighted by molar-refractivity contribution is -0.0130. The minimum absolute atomic E-state index is 0.270. The van der Waals surface area contributed by atoms with E-state index in [-0.39, 0.29) is 5.54 Å². The molecule has 1 aromatic rings. The van der Waals surface area contributed by atoms with Gasteiger partial charge in [0.2, 0.25) is 0 Å². The standard InChI is InChI=1S/C14H18BrNO2S/c15-12-10-19-9-11(12)13(17)14(3-1-2-4-14)16-5-7-18-8-6-16/h9-10H,1-8H2. The van der Waals surface area contributed by atoms with Crippen LogP contribution in [0.2, 0.25) is 0 Å². The summed E-state index contributed by atoms with van der Waals surface area (Å²) in [7, 11) is 0. The number of hydrogen-bond donors (Lipinski definition) is 0. The Balaban J connectivity index is 1.91. The maximum atomic E-state index is 13.0. The molecule has 2 fully saturated rings. The van der Waals surface area contributed by atoms with E-state index in [2.05, 4.69) is 20.8 Å². The van der Waals surface area contributed by atoms with Crippen molar-refractivity contribution in [3.05, 3.63) is 20.8 Å². The molecule has 1 aromatic heterocycles. The van der Waals surface area contributed by atoms with Gasteiger partial charge in [0.1, 0.15) is 0 Å². The number of thiophene rings is 1. The normalized spacial score (nSPS) is 23.6. The van der Waals surface area contributed by atoms with Crippen molar-refractivity contribution < 1.29 is 9.53 Å². The third-order valence-electron chi connectivity index (χ3n) is 4.33. The van der Waals surface area contributed by atoms with Gasteiger partial charge < -0.3 is 4.74 Å². The Morgan fingerprint density at radius 3 is 2.53 bits per heavy atom. The molecule has 3 nitrogen and oxygen atoms in total.